The number of hydrogen-bond donors (Lipinski definition) is 1. The van der Waals surface area contributed by atoms with Crippen LogP contribution in [0.25, 0.3) is 0 Å². The van der Waals surface area contributed by atoms with Crippen LogP contribution in [0.5, 0.6) is 11.9 Å². The summed E-state index contributed by atoms with van der Waals surface area (Å²) in [4.78, 5) is 10.7. The number of aliphatic hydroxyl groups is 1. The lowest BCUT2D eigenvalue weighted by atomic mass is 9.81. The molecule has 0 spiro atoms. The summed E-state index contributed by atoms with van der Waals surface area (Å²) in [7, 11) is 3.02. The Bertz CT molecular complexity index is 818. The third kappa shape index (κ3) is 3.26. The van der Waals surface area contributed by atoms with Gasteiger partial charge in [0.2, 0.25) is 5.88 Å². The van der Waals surface area contributed by atoms with Gasteiger partial charge in [-0.15, -0.1) is 0 Å². The van der Waals surface area contributed by atoms with Crippen LogP contribution in [0, 0.1) is 5.82 Å². The highest BCUT2D eigenvalue weighted by Gasteiger charge is 2.49. The number of nitrogens with zero attached hydrogens (tertiary/aromatic N) is 3. The second-order valence-electron chi connectivity index (χ2n) is 7.37. The van der Waals surface area contributed by atoms with E-state index >= 15 is 0 Å². The molecule has 2 aliphatic heterocycles. The number of hydrogen-bond acceptors (Lipinski definition) is 6. The summed E-state index contributed by atoms with van der Waals surface area (Å²) in [6.07, 6.45) is 4.66. The van der Waals surface area contributed by atoms with Crippen LogP contribution in [0.4, 0.5) is 4.39 Å². The number of methoxy groups -OCH3 is 2. The van der Waals surface area contributed by atoms with Crippen LogP contribution in [0.15, 0.2) is 30.5 Å². The molecule has 0 amide bonds. The largest absolute Gasteiger partial charge is 0.481 e. The fourth-order valence-corrected chi connectivity index (χ4v) is 4.54. The van der Waals surface area contributed by atoms with Crippen molar-refractivity contribution in [3.05, 3.63) is 47.4 Å². The van der Waals surface area contributed by atoms with Gasteiger partial charge in [0, 0.05) is 30.4 Å². The molecule has 1 aromatic carbocycles. The number of rotatable bonds is 5. The van der Waals surface area contributed by atoms with Crippen molar-refractivity contribution in [2.24, 2.45) is 0 Å². The maximum Gasteiger partial charge on any atom is 0.319 e. The van der Waals surface area contributed by atoms with Crippen molar-refractivity contribution < 1.29 is 19.0 Å². The standard InChI is InChI=1S/C20H24FN3O3/c1-26-18-16(11-22-19(23-18)27-2)20(25)9-14-7-8-15(10-20)24(14)12-13-5-3-4-6-17(13)21/h3-6,11,14-15,25H,7-10,12H2,1-2H3/t14-,15+,20?. The third-order valence-corrected chi connectivity index (χ3v) is 5.84. The lowest BCUT2D eigenvalue weighted by molar-refractivity contribution is -0.0614. The number of ether oxygens (including phenoxy) is 2. The summed E-state index contributed by atoms with van der Waals surface area (Å²) in [5.74, 6) is 0.161. The highest BCUT2D eigenvalue weighted by Crippen LogP contribution is 2.48. The van der Waals surface area contributed by atoms with Crippen molar-refractivity contribution >= 4 is 0 Å². The van der Waals surface area contributed by atoms with Gasteiger partial charge in [-0.05, 0) is 31.7 Å². The van der Waals surface area contributed by atoms with E-state index in [1.807, 2.05) is 12.1 Å². The molecule has 3 heterocycles. The van der Waals surface area contributed by atoms with Gasteiger partial charge in [0.05, 0.1) is 25.4 Å². The zero-order chi connectivity index (χ0) is 19.0. The summed E-state index contributed by atoms with van der Waals surface area (Å²) in [5.41, 5.74) is 0.230. The minimum atomic E-state index is -1.06. The Hall–Kier alpha value is -2.25. The molecule has 2 saturated heterocycles. The van der Waals surface area contributed by atoms with Gasteiger partial charge in [-0.2, -0.15) is 4.98 Å². The third-order valence-electron chi connectivity index (χ3n) is 5.84. The second kappa shape index (κ2) is 7.05. The zero-order valence-corrected chi connectivity index (χ0v) is 15.6. The van der Waals surface area contributed by atoms with Gasteiger partial charge in [-0.3, -0.25) is 4.90 Å². The van der Waals surface area contributed by atoms with Crippen molar-refractivity contribution in [3.63, 3.8) is 0 Å². The molecule has 6 nitrogen and oxygen atoms in total. The van der Waals surface area contributed by atoms with E-state index < -0.39 is 5.60 Å². The van der Waals surface area contributed by atoms with Crippen LogP contribution >= 0.6 is 0 Å². The Labute approximate surface area is 158 Å². The normalized spacial score (nSPS) is 27.6. The maximum atomic E-state index is 14.1. The minimum Gasteiger partial charge on any atom is -0.481 e. The molecule has 0 aliphatic carbocycles. The molecule has 1 unspecified atom stereocenters. The Morgan fingerprint density at radius 3 is 2.52 bits per heavy atom. The molecule has 2 aromatic rings. The fourth-order valence-electron chi connectivity index (χ4n) is 4.54. The maximum absolute atomic E-state index is 14.1. The first-order valence-electron chi connectivity index (χ1n) is 9.21. The van der Waals surface area contributed by atoms with Crippen LogP contribution in [0.2, 0.25) is 0 Å². The predicted molar refractivity (Wildman–Crippen MR) is 97.0 cm³/mol. The summed E-state index contributed by atoms with van der Waals surface area (Å²) in [6.45, 7) is 0.564. The quantitative estimate of drug-likeness (QED) is 0.869. The van der Waals surface area contributed by atoms with Crippen molar-refractivity contribution in [1.82, 2.24) is 14.9 Å². The molecule has 1 N–H and O–H groups in total. The number of benzene rings is 1. The first-order valence-corrected chi connectivity index (χ1v) is 9.21. The molecule has 27 heavy (non-hydrogen) atoms. The van der Waals surface area contributed by atoms with Crippen LogP contribution < -0.4 is 9.47 Å². The Balaban J connectivity index is 1.59. The molecule has 2 bridgehead atoms. The first kappa shape index (κ1) is 18.1. The molecule has 2 aliphatic rings. The lowest BCUT2D eigenvalue weighted by Gasteiger charge is -2.44. The molecule has 7 heteroatoms. The summed E-state index contributed by atoms with van der Waals surface area (Å²) >= 11 is 0. The van der Waals surface area contributed by atoms with Gasteiger partial charge in [0.25, 0.3) is 0 Å². The Morgan fingerprint density at radius 2 is 1.89 bits per heavy atom. The number of halogens is 1. The van der Waals surface area contributed by atoms with E-state index in [0.717, 1.165) is 12.8 Å². The average molecular weight is 373 g/mol. The van der Waals surface area contributed by atoms with E-state index in [1.165, 1.54) is 20.3 Å². The van der Waals surface area contributed by atoms with Crippen molar-refractivity contribution in [2.45, 2.75) is 49.9 Å². The summed E-state index contributed by atoms with van der Waals surface area (Å²) in [5, 5.41) is 11.4. The van der Waals surface area contributed by atoms with E-state index in [4.69, 9.17) is 9.47 Å². The van der Waals surface area contributed by atoms with Crippen LogP contribution in [0.3, 0.4) is 0 Å². The van der Waals surface area contributed by atoms with Crippen molar-refractivity contribution in [3.8, 4) is 11.9 Å². The molecule has 0 saturated carbocycles. The lowest BCUT2D eigenvalue weighted by Crippen LogP contribution is -2.49. The highest BCUT2D eigenvalue weighted by molar-refractivity contribution is 5.33. The molecule has 2 fully saturated rings. The van der Waals surface area contributed by atoms with Crippen LogP contribution in [0.1, 0.15) is 36.8 Å². The average Bonchev–Trinajstić information content (AvgIpc) is 2.93. The first-order chi connectivity index (χ1) is 13.0. The zero-order valence-electron chi connectivity index (χ0n) is 15.6. The highest BCUT2D eigenvalue weighted by atomic mass is 19.1. The van der Waals surface area contributed by atoms with E-state index in [1.54, 1.807) is 12.3 Å². The Kier molecular flexibility index (Phi) is 4.74. The minimum absolute atomic E-state index is 0.178. The van der Waals surface area contributed by atoms with Crippen molar-refractivity contribution in [1.29, 1.82) is 0 Å². The second-order valence-corrected chi connectivity index (χ2v) is 7.37. The van der Waals surface area contributed by atoms with Gasteiger partial charge < -0.3 is 14.6 Å². The molecule has 4 rings (SSSR count). The van der Waals surface area contributed by atoms with E-state index in [9.17, 15) is 9.50 Å². The molecule has 1 aromatic heterocycles. The molecule has 0 radical (unpaired) electrons. The van der Waals surface area contributed by atoms with E-state index in [0.29, 0.717) is 36.4 Å². The van der Waals surface area contributed by atoms with Gasteiger partial charge in [-0.25, -0.2) is 9.37 Å². The number of aromatic nitrogens is 2. The predicted octanol–water partition coefficient (Wildman–Crippen LogP) is 2.65. The summed E-state index contributed by atoms with van der Waals surface area (Å²) in [6, 6.07) is 7.46. The molecular formula is C20H24FN3O3. The van der Waals surface area contributed by atoms with Crippen molar-refractivity contribution in [2.75, 3.05) is 14.2 Å². The topological polar surface area (TPSA) is 67.7 Å². The number of piperidine rings is 1. The van der Waals surface area contributed by atoms with Crippen LogP contribution in [-0.4, -0.2) is 46.3 Å². The van der Waals surface area contributed by atoms with Gasteiger partial charge >= 0.3 is 6.01 Å². The smallest absolute Gasteiger partial charge is 0.319 e. The molecule has 3 atom stereocenters. The molecular weight excluding hydrogens is 349 g/mol. The monoisotopic (exact) mass is 373 g/mol. The van der Waals surface area contributed by atoms with Gasteiger partial charge in [-0.1, -0.05) is 18.2 Å². The van der Waals surface area contributed by atoms with Crippen LogP contribution in [-0.2, 0) is 12.1 Å². The Morgan fingerprint density at radius 1 is 1.19 bits per heavy atom. The summed E-state index contributed by atoms with van der Waals surface area (Å²) < 4.78 is 24.5. The van der Waals surface area contributed by atoms with E-state index in [-0.39, 0.29) is 23.9 Å². The SMILES string of the molecule is COc1ncc(C2(O)C[C@H]3CC[C@@H](C2)N3Cc2ccccc2F)c(OC)n1. The molecule has 144 valence electrons. The van der Waals surface area contributed by atoms with Gasteiger partial charge in [0.1, 0.15) is 5.82 Å². The fraction of sp³-hybridized carbons (Fsp3) is 0.500. The van der Waals surface area contributed by atoms with E-state index in [2.05, 4.69) is 14.9 Å². The number of fused-ring (bicyclic) bond motifs is 2. The van der Waals surface area contributed by atoms with Gasteiger partial charge in [0.15, 0.2) is 0 Å².